The van der Waals surface area contributed by atoms with Crippen molar-refractivity contribution in [2.45, 2.75) is 32.3 Å². The molecular formula is C19H21BrO2. The highest BCUT2D eigenvalue weighted by molar-refractivity contribution is 9.09. The Kier molecular flexibility index (Phi) is 5.61. The Morgan fingerprint density at radius 3 is 2.55 bits per heavy atom. The molecule has 1 aromatic rings. The van der Waals surface area contributed by atoms with E-state index in [-0.39, 0.29) is 17.3 Å². The fourth-order valence-electron chi connectivity index (χ4n) is 2.59. The molecule has 0 saturated carbocycles. The predicted molar refractivity (Wildman–Crippen MR) is 93.0 cm³/mol. The number of halogens is 1. The average molecular weight is 361 g/mol. The largest absolute Gasteiger partial charge is 0.377 e. The summed E-state index contributed by atoms with van der Waals surface area (Å²) in [6.07, 6.45) is 1.31. The van der Waals surface area contributed by atoms with Crippen LogP contribution in [0.25, 0.3) is 0 Å². The average Bonchev–Trinajstić information content (AvgIpc) is 2.56. The topological polar surface area (TPSA) is 26.3 Å². The third-order valence-electron chi connectivity index (χ3n) is 4.48. The number of hydrogen-bond donors (Lipinski definition) is 0. The number of Topliss-reactive ketones (excluding diaryl/α,β-unsaturated/α-hetero) is 1. The summed E-state index contributed by atoms with van der Waals surface area (Å²) in [4.78, 5) is 12.3. The van der Waals surface area contributed by atoms with Crippen LogP contribution in [0.2, 0.25) is 0 Å². The van der Waals surface area contributed by atoms with E-state index in [1.54, 1.807) is 7.11 Å². The van der Waals surface area contributed by atoms with E-state index in [9.17, 15) is 4.79 Å². The summed E-state index contributed by atoms with van der Waals surface area (Å²) in [5, 5.41) is 0.701. The number of methoxy groups -OCH3 is 1. The zero-order valence-electron chi connectivity index (χ0n) is 13.3. The summed E-state index contributed by atoms with van der Waals surface area (Å²) < 4.78 is 5.65. The molecule has 0 radical (unpaired) electrons. The zero-order valence-corrected chi connectivity index (χ0v) is 14.9. The maximum absolute atomic E-state index is 12.3. The first-order valence-corrected chi connectivity index (χ1v) is 8.53. The molecule has 116 valence electrons. The Hall–Kier alpha value is -1.37. The van der Waals surface area contributed by atoms with Crippen molar-refractivity contribution in [3.8, 4) is 11.8 Å². The van der Waals surface area contributed by atoms with Gasteiger partial charge < -0.3 is 4.74 Å². The van der Waals surface area contributed by atoms with Crippen molar-refractivity contribution in [1.29, 1.82) is 0 Å². The summed E-state index contributed by atoms with van der Waals surface area (Å²) in [5.41, 5.74) is 2.35. The smallest absolute Gasteiger partial charge is 0.159 e. The van der Waals surface area contributed by atoms with E-state index in [4.69, 9.17) is 4.74 Å². The van der Waals surface area contributed by atoms with Crippen molar-refractivity contribution in [3.63, 3.8) is 0 Å². The van der Waals surface area contributed by atoms with E-state index < -0.39 is 0 Å². The highest BCUT2D eigenvalue weighted by Crippen LogP contribution is 2.36. The van der Waals surface area contributed by atoms with Gasteiger partial charge in [-0.1, -0.05) is 46.0 Å². The van der Waals surface area contributed by atoms with E-state index in [0.29, 0.717) is 11.8 Å². The molecule has 0 bridgehead atoms. The summed E-state index contributed by atoms with van der Waals surface area (Å²) >= 11 is 3.51. The fourth-order valence-corrected chi connectivity index (χ4v) is 3.28. The van der Waals surface area contributed by atoms with Gasteiger partial charge in [0, 0.05) is 41.5 Å². The number of rotatable bonds is 3. The van der Waals surface area contributed by atoms with Crippen molar-refractivity contribution in [2.24, 2.45) is 5.92 Å². The van der Waals surface area contributed by atoms with Gasteiger partial charge in [0.25, 0.3) is 0 Å². The Balaban J connectivity index is 2.29. The minimum Gasteiger partial charge on any atom is -0.377 e. The van der Waals surface area contributed by atoms with Crippen LogP contribution < -0.4 is 0 Å². The van der Waals surface area contributed by atoms with E-state index in [1.807, 2.05) is 44.2 Å². The lowest BCUT2D eigenvalue weighted by atomic mass is 9.75. The summed E-state index contributed by atoms with van der Waals surface area (Å²) in [7, 11) is 1.70. The number of ether oxygens (including phenoxy) is 1. The number of ketones is 1. The highest BCUT2D eigenvalue weighted by atomic mass is 79.9. The summed E-state index contributed by atoms with van der Waals surface area (Å²) in [5.74, 6) is 6.69. The Labute approximate surface area is 141 Å². The molecule has 3 heteroatoms. The number of carbonyl (C=O) groups is 1. The van der Waals surface area contributed by atoms with Gasteiger partial charge in [0.2, 0.25) is 0 Å². The van der Waals surface area contributed by atoms with Crippen LogP contribution in [0.1, 0.15) is 32.3 Å². The molecule has 0 aliphatic heterocycles. The maximum Gasteiger partial charge on any atom is 0.159 e. The highest BCUT2D eigenvalue weighted by Gasteiger charge is 2.38. The van der Waals surface area contributed by atoms with Crippen LogP contribution in [0.5, 0.6) is 0 Å². The SMILES string of the molecule is COC(C)(CBr)[C@H]1CC(=O)C(C)=C(C#Cc2ccccc2)C1. The number of carbonyl (C=O) groups excluding carboxylic acids is 1. The normalized spacial score (nSPS) is 21.1. The van der Waals surface area contributed by atoms with Crippen molar-refractivity contribution in [2.75, 3.05) is 12.4 Å². The van der Waals surface area contributed by atoms with Crippen LogP contribution in [-0.2, 0) is 9.53 Å². The van der Waals surface area contributed by atoms with Crippen molar-refractivity contribution >= 4 is 21.7 Å². The molecule has 0 saturated heterocycles. The van der Waals surface area contributed by atoms with Gasteiger partial charge in [-0.2, -0.15) is 0 Å². The molecule has 0 heterocycles. The van der Waals surface area contributed by atoms with Gasteiger partial charge in [0.1, 0.15) is 0 Å². The molecule has 1 aliphatic carbocycles. The van der Waals surface area contributed by atoms with Gasteiger partial charge >= 0.3 is 0 Å². The first kappa shape index (κ1) is 17.0. The first-order valence-electron chi connectivity index (χ1n) is 7.41. The van der Waals surface area contributed by atoms with E-state index >= 15 is 0 Å². The number of allylic oxidation sites excluding steroid dienone is 2. The van der Waals surface area contributed by atoms with Crippen LogP contribution >= 0.6 is 15.9 Å². The quantitative estimate of drug-likeness (QED) is 0.598. The maximum atomic E-state index is 12.3. The Morgan fingerprint density at radius 1 is 1.27 bits per heavy atom. The lowest BCUT2D eigenvalue weighted by Crippen LogP contribution is -2.41. The van der Waals surface area contributed by atoms with Gasteiger partial charge in [0.05, 0.1) is 5.60 Å². The zero-order chi connectivity index (χ0) is 16.2. The molecule has 0 aromatic heterocycles. The van der Waals surface area contributed by atoms with Gasteiger partial charge in [-0.15, -0.1) is 0 Å². The number of benzene rings is 1. The van der Waals surface area contributed by atoms with Crippen molar-refractivity contribution in [3.05, 3.63) is 47.0 Å². The van der Waals surface area contributed by atoms with E-state index in [2.05, 4.69) is 27.8 Å². The second-order valence-corrected chi connectivity index (χ2v) is 6.46. The lowest BCUT2D eigenvalue weighted by molar-refractivity contribution is -0.120. The van der Waals surface area contributed by atoms with Gasteiger partial charge in [-0.3, -0.25) is 4.79 Å². The van der Waals surface area contributed by atoms with Crippen LogP contribution in [0.15, 0.2) is 41.5 Å². The molecule has 0 amide bonds. The van der Waals surface area contributed by atoms with Gasteiger partial charge in [-0.05, 0) is 32.4 Å². The number of hydrogen-bond acceptors (Lipinski definition) is 2. The van der Waals surface area contributed by atoms with Gasteiger partial charge in [-0.25, -0.2) is 0 Å². The molecule has 2 atom stereocenters. The molecule has 0 fully saturated rings. The van der Waals surface area contributed by atoms with Crippen LogP contribution in [0, 0.1) is 17.8 Å². The summed E-state index contributed by atoms with van der Waals surface area (Å²) in [6, 6.07) is 9.85. The first-order chi connectivity index (χ1) is 10.5. The van der Waals surface area contributed by atoms with Crippen molar-refractivity contribution < 1.29 is 9.53 Å². The third kappa shape index (κ3) is 3.69. The fraction of sp³-hybridized carbons (Fsp3) is 0.421. The lowest BCUT2D eigenvalue weighted by Gasteiger charge is -2.37. The minimum absolute atomic E-state index is 0.146. The third-order valence-corrected chi connectivity index (χ3v) is 5.59. The molecular weight excluding hydrogens is 340 g/mol. The second-order valence-electron chi connectivity index (χ2n) is 5.90. The molecule has 0 N–H and O–H groups in total. The second kappa shape index (κ2) is 7.26. The predicted octanol–water partition coefficient (Wildman–Crippen LogP) is 4.13. The van der Waals surface area contributed by atoms with E-state index in [1.165, 1.54) is 0 Å². The van der Waals surface area contributed by atoms with Gasteiger partial charge in [0.15, 0.2) is 5.78 Å². The molecule has 1 unspecified atom stereocenters. The molecule has 2 nitrogen and oxygen atoms in total. The minimum atomic E-state index is -0.351. The number of alkyl halides is 1. The molecule has 0 spiro atoms. The molecule has 1 aliphatic rings. The van der Waals surface area contributed by atoms with Crippen molar-refractivity contribution in [1.82, 2.24) is 0 Å². The van der Waals surface area contributed by atoms with Crippen LogP contribution in [-0.4, -0.2) is 23.8 Å². The van der Waals surface area contributed by atoms with Crippen LogP contribution in [0.3, 0.4) is 0 Å². The van der Waals surface area contributed by atoms with E-state index in [0.717, 1.165) is 23.1 Å². The monoisotopic (exact) mass is 360 g/mol. The molecule has 1 aromatic carbocycles. The molecule has 2 rings (SSSR count). The molecule has 22 heavy (non-hydrogen) atoms. The Morgan fingerprint density at radius 2 is 1.95 bits per heavy atom. The summed E-state index contributed by atoms with van der Waals surface area (Å²) in [6.45, 7) is 3.93. The standard InChI is InChI=1S/C19H21BrO2/c1-14-16(10-9-15-7-5-4-6-8-15)11-17(12-18(14)21)19(2,13-20)22-3/h4-8,17H,11-13H2,1-3H3/t17-,19?/m1/s1. The van der Waals surface area contributed by atoms with Crippen LogP contribution in [0.4, 0.5) is 0 Å². The Bertz CT molecular complexity index is 630.